The highest BCUT2D eigenvalue weighted by molar-refractivity contribution is 9.10. The lowest BCUT2D eigenvalue weighted by atomic mass is 9.95. The monoisotopic (exact) mass is 516 g/mol. The first-order valence-electron chi connectivity index (χ1n) is 8.74. The number of sulfonamides is 1. The van der Waals surface area contributed by atoms with Gasteiger partial charge in [-0.15, -0.1) is 11.3 Å². The third-order valence-corrected chi connectivity index (χ3v) is 6.16. The van der Waals surface area contributed by atoms with Crippen molar-refractivity contribution in [2.75, 3.05) is 19.4 Å². The number of esters is 1. The summed E-state index contributed by atoms with van der Waals surface area (Å²) < 4.78 is 45.0. The molecule has 3 rings (SSSR count). The average Bonchev–Trinajstić information content (AvgIpc) is 3.20. The lowest BCUT2D eigenvalue weighted by Crippen LogP contribution is -2.39. The van der Waals surface area contributed by atoms with Gasteiger partial charge in [-0.1, -0.05) is 22.0 Å². The number of benzene rings is 1. The number of ether oxygens (including phenoxy) is 1. The van der Waals surface area contributed by atoms with E-state index in [1.165, 1.54) is 29.5 Å². The van der Waals surface area contributed by atoms with Gasteiger partial charge in [-0.05, 0) is 24.6 Å². The molecule has 0 amide bonds. The quantitative estimate of drug-likeness (QED) is 0.547. The molecule has 12 heteroatoms. The zero-order valence-electron chi connectivity index (χ0n) is 16.0. The standard InChI is InChI=1S/C18H18BrFN4O4S2/c1-3-28-18(25)14-13(9-22-30(2,26)27)23-16(17-21-6-7-29-17)24-15(14)11-5-4-10(20)8-12(11)19/h4-8,15,22H,3,9H2,1-2H3,(H,23,24). The third-order valence-electron chi connectivity index (χ3n) is 4.02. The van der Waals surface area contributed by atoms with E-state index < -0.39 is 27.9 Å². The SMILES string of the molecule is CCOC(=O)C1=C(CNS(C)(=O)=O)NC(c2nccs2)=NC1c1ccc(F)cc1Br. The maximum atomic E-state index is 13.7. The van der Waals surface area contributed by atoms with Gasteiger partial charge >= 0.3 is 5.97 Å². The van der Waals surface area contributed by atoms with Crippen molar-refractivity contribution in [2.45, 2.75) is 13.0 Å². The van der Waals surface area contributed by atoms with Crippen LogP contribution < -0.4 is 10.0 Å². The zero-order chi connectivity index (χ0) is 21.9. The first-order chi connectivity index (χ1) is 14.2. The second kappa shape index (κ2) is 9.33. The van der Waals surface area contributed by atoms with Crippen LogP contribution in [0.3, 0.4) is 0 Å². The molecule has 1 aliphatic heterocycles. The van der Waals surface area contributed by atoms with Crippen LogP contribution in [-0.2, 0) is 19.6 Å². The van der Waals surface area contributed by atoms with Gasteiger partial charge in [-0.25, -0.2) is 27.3 Å². The molecule has 160 valence electrons. The van der Waals surface area contributed by atoms with Gasteiger partial charge in [-0.3, -0.25) is 4.99 Å². The van der Waals surface area contributed by atoms with Gasteiger partial charge in [0, 0.05) is 21.7 Å². The molecule has 30 heavy (non-hydrogen) atoms. The van der Waals surface area contributed by atoms with Gasteiger partial charge in [0.1, 0.15) is 11.9 Å². The number of hydrogen-bond donors (Lipinski definition) is 2. The highest BCUT2D eigenvalue weighted by atomic mass is 79.9. The Balaban J connectivity index is 2.17. The summed E-state index contributed by atoms with van der Waals surface area (Å²) in [5.41, 5.74) is 0.924. The summed E-state index contributed by atoms with van der Waals surface area (Å²) in [7, 11) is -3.54. The predicted octanol–water partition coefficient (Wildman–Crippen LogP) is 2.50. The van der Waals surface area contributed by atoms with Crippen LogP contribution >= 0.6 is 27.3 Å². The Kier molecular flexibility index (Phi) is 7.01. The lowest BCUT2D eigenvalue weighted by Gasteiger charge is -2.27. The molecule has 0 saturated carbocycles. The molecular formula is C18H18BrFN4O4S2. The van der Waals surface area contributed by atoms with E-state index in [9.17, 15) is 17.6 Å². The smallest absolute Gasteiger partial charge is 0.338 e. The molecule has 2 heterocycles. The fraction of sp³-hybridized carbons (Fsp3) is 0.278. The molecule has 0 aliphatic carbocycles. The fourth-order valence-corrected chi connectivity index (χ4v) is 4.35. The second-order valence-electron chi connectivity index (χ2n) is 6.21. The molecule has 0 spiro atoms. The van der Waals surface area contributed by atoms with E-state index >= 15 is 0 Å². The molecule has 0 radical (unpaired) electrons. The molecule has 2 N–H and O–H groups in total. The minimum atomic E-state index is -3.54. The largest absolute Gasteiger partial charge is 0.463 e. The maximum Gasteiger partial charge on any atom is 0.338 e. The predicted molar refractivity (Wildman–Crippen MR) is 115 cm³/mol. The number of aromatic nitrogens is 1. The number of nitrogens with one attached hydrogen (secondary N) is 2. The summed E-state index contributed by atoms with van der Waals surface area (Å²) in [4.78, 5) is 21.7. The van der Waals surface area contributed by atoms with Crippen LogP contribution in [0.4, 0.5) is 4.39 Å². The Labute approximate surface area is 185 Å². The Morgan fingerprint density at radius 2 is 2.20 bits per heavy atom. The van der Waals surface area contributed by atoms with Crippen LogP contribution in [-0.4, -0.2) is 44.6 Å². The van der Waals surface area contributed by atoms with Crippen molar-refractivity contribution in [2.24, 2.45) is 4.99 Å². The summed E-state index contributed by atoms with van der Waals surface area (Å²) in [6.45, 7) is 1.60. The minimum Gasteiger partial charge on any atom is -0.463 e. The molecule has 8 nitrogen and oxygen atoms in total. The topological polar surface area (TPSA) is 110 Å². The van der Waals surface area contributed by atoms with E-state index in [-0.39, 0.29) is 24.4 Å². The highest BCUT2D eigenvalue weighted by Gasteiger charge is 2.34. The fourth-order valence-electron chi connectivity index (χ4n) is 2.78. The molecule has 1 atom stereocenters. The maximum absolute atomic E-state index is 13.7. The van der Waals surface area contributed by atoms with Crippen molar-refractivity contribution in [3.63, 3.8) is 0 Å². The van der Waals surface area contributed by atoms with Gasteiger partial charge < -0.3 is 10.1 Å². The first kappa shape index (κ1) is 22.5. The Bertz CT molecular complexity index is 1120. The molecule has 1 aliphatic rings. The normalized spacial score (nSPS) is 16.8. The number of carbonyl (C=O) groups is 1. The van der Waals surface area contributed by atoms with Crippen molar-refractivity contribution < 1.29 is 22.3 Å². The zero-order valence-corrected chi connectivity index (χ0v) is 19.2. The van der Waals surface area contributed by atoms with Crippen LogP contribution in [0, 0.1) is 5.82 Å². The van der Waals surface area contributed by atoms with Gasteiger partial charge in [0.25, 0.3) is 0 Å². The number of halogens is 2. The van der Waals surface area contributed by atoms with Crippen LogP contribution in [0.25, 0.3) is 0 Å². The van der Waals surface area contributed by atoms with E-state index in [1.54, 1.807) is 18.5 Å². The molecule has 2 aromatic rings. The summed E-state index contributed by atoms with van der Waals surface area (Å²) in [5, 5.41) is 5.33. The first-order valence-corrected chi connectivity index (χ1v) is 12.3. The Morgan fingerprint density at radius 1 is 1.43 bits per heavy atom. The van der Waals surface area contributed by atoms with Crippen LogP contribution in [0.5, 0.6) is 0 Å². The van der Waals surface area contributed by atoms with Crippen LogP contribution in [0.15, 0.2) is 50.5 Å². The van der Waals surface area contributed by atoms with E-state index in [0.29, 0.717) is 20.9 Å². The third kappa shape index (κ3) is 5.31. The summed E-state index contributed by atoms with van der Waals surface area (Å²) in [5.74, 6) is -0.743. The number of amidine groups is 1. The van der Waals surface area contributed by atoms with Gasteiger partial charge in [0.05, 0.1) is 25.0 Å². The van der Waals surface area contributed by atoms with E-state index in [2.05, 4.69) is 35.9 Å². The molecule has 1 unspecified atom stereocenters. The number of nitrogens with zero attached hydrogens (tertiary/aromatic N) is 2. The number of carbonyl (C=O) groups excluding carboxylic acids is 1. The number of hydrogen-bond acceptors (Lipinski definition) is 8. The Morgan fingerprint density at radius 3 is 2.80 bits per heavy atom. The molecule has 0 saturated heterocycles. The number of aliphatic imine (C=N–C) groups is 1. The van der Waals surface area contributed by atoms with E-state index in [1.807, 2.05) is 0 Å². The minimum absolute atomic E-state index is 0.121. The van der Waals surface area contributed by atoms with E-state index in [0.717, 1.165) is 6.26 Å². The Hall–Kier alpha value is -2.15. The van der Waals surface area contributed by atoms with Gasteiger partial charge in [0.2, 0.25) is 10.0 Å². The van der Waals surface area contributed by atoms with Crippen molar-refractivity contribution >= 4 is 49.1 Å². The van der Waals surface area contributed by atoms with Crippen molar-refractivity contribution in [1.29, 1.82) is 0 Å². The highest BCUT2D eigenvalue weighted by Crippen LogP contribution is 2.36. The molecule has 0 bridgehead atoms. The van der Waals surface area contributed by atoms with Crippen molar-refractivity contribution in [3.05, 3.63) is 61.9 Å². The van der Waals surface area contributed by atoms with Crippen LogP contribution in [0.2, 0.25) is 0 Å². The number of thiazole rings is 1. The second-order valence-corrected chi connectivity index (χ2v) is 9.80. The molecule has 1 aromatic carbocycles. The molecular weight excluding hydrogens is 499 g/mol. The van der Waals surface area contributed by atoms with Gasteiger partial charge in [-0.2, -0.15) is 0 Å². The van der Waals surface area contributed by atoms with Crippen LogP contribution in [0.1, 0.15) is 23.5 Å². The molecule has 0 fully saturated rings. The van der Waals surface area contributed by atoms with Crippen molar-refractivity contribution in [1.82, 2.24) is 15.0 Å². The summed E-state index contributed by atoms with van der Waals surface area (Å²) in [6.07, 6.45) is 2.62. The summed E-state index contributed by atoms with van der Waals surface area (Å²) >= 11 is 4.65. The van der Waals surface area contributed by atoms with E-state index in [4.69, 9.17) is 4.74 Å². The van der Waals surface area contributed by atoms with Gasteiger partial charge in [0.15, 0.2) is 10.8 Å². The average molecular weight is 517 g/mol. The summed E-state index contributed by atoms with van der Waals surface area (Å²) in [6, 6.07) is 3.18. The van der Waals surface area contributed by atoms with Crippen molar-refractivity contribution in [3.8, 4) is 0 Å². The molecule has 1 aromatic heterocycles. The lowest BCUT2D eigenvalue weighted by molar-refractivity contribution is -0.139. The number of rotatable bonds is 7.